The topological polar surface area (TPSA) is 26.3 Å². The van der Waals surface area contributed by atoms with Crippen molar-refractivity contribution in [3.8, 4) is 18.1 Å². The molecule has 0 amide bonds. The third kappa shape index (κ3) is 4.44. The summed E-state index contributed by atoms with van der Waals surface area (Å²) in [6, 6.07) is 2.54. The molecule has 21 heavy (non-hydrogen) atoms. The van der Waals surface area contributed by atoms with Crippen LogP contribution in [0.3, 0.4) is 0 Å². The molecule has 1 rings (SSSR count). The van der Waals surface area contributed by atoms with Crippen LogP contribution >= 0.6 is 35.1 Å². The number of ether oxygens (including phenoxy) is 1. The first kappa shape index (κ1) is 18.0. The normalized spacial score (nSPS) is 9.90. The number of rotatable bonds is 6. The van der Waals surface area contributed by atoms with Gasteiger partial charge in [-0.2, -0.15) is 0 Å². The highest BCUT2D eigenvalue weighted by molar-refractivity contribution is 8.22. The van der Waals surface area contributed by atoms with Gasteiger partial charge in [0.05, 0.1) is 9.26 Å². The lowest BCUT2D eigenvalue weighted by atomic mass is 10.0. The van der Waals surface area contributed by atoms with Gasteiger partial charge in [-0.1, -0.05) is 17.5 Å². The molecule has 112 valence electrons. The maximum atomic E-state index is 14.2. The summed E-state index contributed by atoms with van der Waals surface area (Å²) in [7, 11) is 0. The number of thioether (sulfide) groups is 2. The van der Waals surface area contributed by atoms with Gasteiger partial charge in [0.15, 0.2) is 5.78 Å². The van der Waals surface area contributed by atoms with Crippen LogP contribution in [0.5, 0.6) is 5.75 Å². The van der Waals surface area contributed by atoms with Crippen LogP contribution in [0.2, 0.25) is 5.02 Å². The lowest BCUT2D eigenvalue weighted by Crippen LogP contribution is -2.03. The average molecular weight is 345 g/mol. The van der Waals surface area contributed by atoms with E-state index in [-0.39, 0.29) is 28.7 Å². The molecule has 0 unspecified atom stereocenters. The molecule has 0 aliphatic rings. The molecule has 0 aliphatic heterocycles. The van der Waals surface area contributed by atoms with Crippen molar-refractivity contribution in [2.75, 3.05) is 19.1 Å². The van der Waals surface area contributed by atoms with Gasteiger partial charge in [0, 0.05) is 11.1 Å². The highest BCUT2D eigenvalue weighted by atomic mass is 35.5. The number of allylic oxidation sites excluding steroid dienone is 1. The Balaban J connectivity index is 3.49. The van der Waals surface area contributed by atoms with Crippen molar-refractivity contribution in [1.82, 2.24) is 0 Å². The Labute approximate surface area is 137 Å². The van der Waals surface area contributed by atoms with Gasteiger partial charge in [-0.05, 0) is 31.6 Å². The summed E-state index contributed by atoms with van der Waals surface area (Å²) in [4.78, 5) is 11.9. The molecule has 0 heterocycles. The number of terminal acetylenes is 1. The standard InChI is InChI=1S/C15H14ClFO2S2/c1-5-6-19-13-7-10(12(17)8-11(13)16)14(9(2)18)15(20-3)21-4/h1,7-8H,6H2,2-4H3. The zero-order valence-corrected chi connectivity index (χ0v) is 14.2. The number of hydrogen-bond donors (Lipinski definition) is 0. The van der Waals surface area contributed by atoms with E-state index in [9.17, 15) is 9.18 Å². The highest BCUT2D eigenvalue weighted by Gasteiger charge is 2.20. The average Bonchev–Trinajstić information content (AvgIpc) is 2.44. The minimum Gasteiger partial charge on any atom is -0.479 e. The second-order valence-electron chi connectivity index (χ2n) is 3.88. The lowest BCUT2D eigenvalue weighted by Gasteiger charge is -2.13. The number of benzene rings is 1. The summed E-state index contributed by atoms with van der Waals surface area (Å²) in [5, 5.41) is 0.115. The van der Waals surface area contributed by atoms with Crippen LogP contribution in [0.25, 0.3) is 5.57 Å². The predicted molar refractivity (Wildman–Crippen MR) is 90.4 cm³/mol. The Hall–Kier alpha value is -1.09. The molecule has 0 saturated heterocycles. The molecular formula is C15H14ClFO2S2. The van der Waals surface area contributed by atoms with Crippen molar-refractivity contribution in [3.63, 3.8) is 0 Å². The van der Waals surface area contributed by atoms with Crippen LogP contribution in [0.15, 0.2) is 16.4 Å². The van der Waals surface area contributed by atoms with Crippen molar-refractivity contribution < 1.29 is 13.9 Å². The number of carbonyl (C=O) groups excluding carboxylic acids is 1. The zero-order chi connectivity index (χ0) is 16.0. The molecule has 0 saturated carbocycles. The summed E-state index contributed by atoms with van der Waals surface area (Å²) < 4.78 is 20.2. The number of Topliss-reactive ketones (excluding diaryl/α,β-unsaturated/α-hetero) is 1. The fourth-order valence-corrected chi connectivity index (χ4v) is 3.47. The van der Waals surface area contributed by atoms with Crippen LogP contribution in [-0.2, 0) is 4.79 Å². The number of ketones is 1. The maximum absolute atomic E-state index is 14.2. The molecule has 0 fully saturated rings. The summed E-state index contributed by atoms with van der Waals surface area (Å²) in [6.45, 7) is 1.42. The van der Waals surface area contributed by atoms with Gasteiger partial charge in [0.2, 0.25) is 0 Å². The van der Waals surface area contributed by atoms with E-state index in [1.807, 2.05) is 12.5 Å². The van der Waals surface area contributed by atoms with Crippen molar-refractivity contribution in [3.05, 3.63) is 32.8 Å². The summed E-state index contributed by atoms with van der Waals surface area (Å²) in [5.74, 6) is 1.77. The van der Waals surface area contributed by atoms with Crippen LogP contribution in [0.1, 0.15) is 12.5 Å². The minimum atomic E-state index is -0.571. The largest absolute Gasteiger partial charge is 0.479 e. The molecule has 1 aromatic carbocycles. The van der Waals surface area contributed by atoms with Gasteiger partial charge in [0.1, 0.15) is 18.2 Å². The minimum absolute atomic E-state index is 0.0157. The van der Waals surface area contributed by atoms with E-state index in [2.05, 4.69) is 5.92 Å². The first-order valence-corrected chi connectivity index (χ1v) is 8.67. The Morgan fingerprint density at radius 3 is 2.52 bits per heavy atom. The summed E-state index contributed by atoms with van der Waals surface area (Å²) >= 11 is 8.70. The Bertz CT molecular complexity index is 615. The van der Waals surface area contributed by atoms with Crippen molar-refractivity contribution in [1.29, 1.82) is 0 Å². The van der Waals surface area contributed by atoms with Gasteiger partial charge in [-0.15, -0.1) is 29.9 Å². The van der Waals surface area contributed by atoms with Gasteiger partial charge >= 0.3 is 0 Å². The van der Waals surface area contributed by atoms with Crippen LogP contribution in [0, 0.1) is 18.2 Å². The molecule has 0 N–H and O–H groups in total. The van der Waals surface area contributed by atoms with E-state index in [0.717, 1.165) is 10.3 Å². The van der Waals surface area contributed by atoms with Crippen molar-refractivity contribution in [2.24, 2.45) is 0 Å². The zero-order valence-electron chi connectivity index (χ0n) is 11.8. The van der Waals surface area contributed by atoms with E-state index in [0.29, 0.717) is 5.57 Å². The Morgan fingerprint density at radius 2 is 2.05 bits per heavy atom. The first-order valence-electron chi connectivity index (χ1n) is 5.85. The smallest absolute Gasteiger partial charge is 0.162 e. The van der Waals surface area contributed by atoms with E-state index in [4.69, 9.17) is 22.8 Å². The molecule has 1 aromatic rings. The van der Waals surface area contributed by atoms with Gasteiger partial charge in [0.25, 0.3) is 0 Å². The molecule has 0 radical (unpaired) electrons. The van der Waals surface area contributed by atoms with Gasteiger partial charge in [-0.3, -0.25) is 4.79 Å². The van der Waals surface area contributed by atoms with Gasteiger partial charge < -0.3 is 4.74 Å². The summed E-state index contributed by atoms with van der Waals surface area (Å²) in [5.41, 5.74) is 0.479. The second-order valence-corrected chi connectivity index (χ2v) is 6.18. The Kier molecular flexibility index (Phi) is 7.16. The van der Waals surface area contributed by atoms with E-state index in [1.54, 1.807) is 0 Å². The third-order valence-electron chi connectivity index (χ3n) is 2.53. The number of hydrogen-bond acceptors (Lipinski definition) is 4. The first-order chi connectivity index (χ1) is 9.96. The quantitative estimate of drug-likeness (QED) is 0.561. The SMILES string of the molecule is C#CCOc1cc(C(C(C)=O)=C(SC)SC)c(F)cc1Cl. The van der Waals surface area contributed by atoms with Crippen LogP contribution < -0.4 is 4.74 Å². The molecule has 0 aromatic heterocycles. The lowest BCUT2D eigenvalue weighted by molar-refractivity contribution is -0.111. The van der Waals surface area contributed by atoms with Crippen LogP contribution in [-0.4, -0.2) is 24.9 Å². The van der Waals surface area contributed by atoms with Crippen molar-refractivity contribution >= 4 is 46.5 Å². The molecule has 0 spiro atoms. The van der Waals surface area contributed by atoms with E-state index >= 15 is 0 Å². The van der Waals surface area contributed by atoms with Gasteiger partial charge in [-0.25, -0.2) is 4.39 Å². The van der Waals surface area contributed by atoms with Crippen molar-refractivity contribution in [2.45, 2.75) is 6.92 Å². The fraction of sp³-hybridized carbons (Fsp3) is 0.267. The third-order valence-corrected chi connectivity index (χ3v) is 4.97. The molecule has 0 bridgehead atoms. The second kappa shape index (κ2) is 8.38. The van der Waals surface area contributed by atoms with Crippen LogP contribution in [0.4, 0.5) is 4.39 Å². The Morgan fingerprint density at radius 1 is 1.43 bits per heavy atom. The molecule has 6 heteroatoms. The maximum Gasteiger partial charge on any atom is 0.162 e. The number of carbonyl (C=O) groups is 1. The molecule has 0 aliphatic carbocycles. The van der Waals surface area contributed by atoms with E-state index in [1.165, 1.54) is 36.5 Å². The molecular weight excluding hydrogens is 331 g/mol. The number of halogens is 2. The monoisotopic (exact) mass is 344 g/mol. The predicted octanol–water partition coefficient (Wildman–Crippen LogP) is 4.47. The molecule has 2 nitrogen and oxygen atoms in total. The highest BCUT2D eigenvalue weighted by Crippen LogP contribution is 2.38. The molecule has 0 atom stereocenters. The fourth-order valence-electron chi connectivity index (χ4n) is 1.68. The summed E-state index contributed by atoms with van der Waals surface area (Å²) in [6.07, 6.45) is 8.79. The van der Waals surface area contributed by atoms with E-state index < -0.39 is 5.82 Å².